The van der Waals surface area contributed by atoms with Gasteiger partial charge in [-0.05, 0) is 61.2 Å². The lowest BCUT2D eigenvalue weighted by atomic mass is 9.99. The van der Waals surface area contributed by atoms with Gasteiger partial charge in [0.05, 0.1) is 5.69 Å². The molecule has 31 heavy (non-hydrogen) atoms. The predicted molar refractivity (Wildman–Crippen MR) is 119 cm³/mol. The van der Waals surface area contributed by atoms with E-state index in [4.69, 9.17) is 9.47 Å². The van der Waals surface area contributed by atoms with Crippen molar-refractivity contribution < 1.29 is 14.3 Å². The maximum Gasteiger partial charge on any atom is 0.255 e. The van der Waals surface area contributed by atoms with Crippen LogP contribution >= 0.6 is 0 Å². The lowest BCUT2D eigenvalue weighted by Crippen LogP contribution is -2.33. The van der Waals surface area contributed by atoms with Crippen molar-refractivity contribution >= 4 is 17.4 Å². The van der Waals surface area contributed by atoms with Crippen molar-refractivity contribution in [1.29, 1.82) is 0 Å². The Labute approximate surface area is 181 Å². The molecule has 3 aromatic rings. The molecule has 0 radical (unpaired) electrons. The molecular formula is C24H24N4O3. The zero-order valence-corrected chi connectivity index (χ0v) is 17.4. The van der Waals surface area contributed by atoms with Gasteiger partial charge in [-0.1, -0.05) is 19.1 Å². The van der Waals surface area contributed by atoms with Crippen LogP contribution in [-0.2, 0) is 0 Å². The van der Waals surface area contributed by atoms with E-state index in [0.717, 1.165) is 36.1 Å². The number of piperidine rings is 1. The summed E-state index contributed by atoms with van der Waals surface area (Å²) in [6.45, 7) is 4.52. The summed E-state index contributed by atoms with van der Waals surface area (Å²) < 4.78 is 10.7. The number of nitrogens with zero attached hydrogens (tertiary/aromatic N) is 3. The Bertz CT molecular complexity index is 1090. The molecule has 1 N–H and O–H groups in total. The molecule has 1 amide bonds. The van der Waals surface area contributed by atoms with Crippen molar-refractivity contribution in [1.82, 2.24) is 10.2 Å². The van der Waals surface area contributed by atoms with E-state index in [9.17, 15) is 4.79 Å². The summed E-state index contributed by atoms with van der Waals surface area (Å²) in [5.41, 5.74) is 2.87. The van der Waals surface area contributed by atoms with Crippen LogP contribution in [0.15, 0.2) is 54.6 Å². The molecule has 2 aromatic carbocycles. The van der Waals surface area contributed by atoms with E-state index in [2.05, 4.69) is 27.3 Å². The SMILES string of the molecule is CC1CCN(c2ccc(-c3cccc(NC(=O)c4ccc5c(c4)OCO5)c3)nn2)CC1. The molecule has 2 aliphatic heterocycles. The number of rotatable bonds is 4. The molecule has 0 unspecified atom stereocenters. The molecule has 1 aromatic heterocycles. The number of fused-ring (bicyclic) bond motifs is 1. The van der Waals surface area contributed by atoms with Gasteiger partial charge >= 0.3 is 0 Å². The second-order valence-electron chi connectivity index (χ2n) is 8.05. The van der Waals surface area contributed by atoms with Gasteiger partial charge in [-0.3, -0.25) is 4.79 Å². The highest BCUT2D eigenvalue weighted by Crippen LogP contribution is 2.33. The van der Waals surface area contributed by atoms with E-state index < -0.39 is 0 Å². The number of carbonyl (C=O) groups is 1. The first-order chi connectivity index (χ1) is 15.2. The van der Waals surface area contributed by atoms with Gasteiger partial charge in [-0.25, -0.2) is 0 Å². The third kappa shape index (κ3) is 4.17. The maximum atomic E-state index is 12.7. The minimum absolute atomic E-state index is 0.180. The van der Waals surface area contributed by atoms with Crippen molar-refractivity contribution in [3.63, 3.8) is 0 Å². The third-order valence-electron chi connectivity index (χ3n) is 5.81. The van der Waals surface area contributed by atoms with E-state index in [1.807, 2.05) is 36.4 Å². The molecule has 3 heterocycles. The normalized spacial score (nSPS) is 15.7. The Morgan fingerprint density at radius 2 is 1.84 bits per heavy atom. The molecule has 7 heteroatoms. The molecule has 0 atom stereocenters. The summed E-state index contributed by atoms with van der Waals surface area (Å²) in [6.07, 6.45) is 2.38. The predicted octanol–water partition coefficient (Wildman–Crippen LogP) is 4.36. The Balaban J connectivity index is 1.29. The van der Waals surface area contributed by atoms with Crippen LogP contribution in [0.4, 0.5) is 11.5 Å². The number of aromatic nitrogens is 2. The highest BCUT2D eigenvalue weighted by molar-refractivity contribution is 6.05. The number of amides is 1. The fourth-order valence-electron chi connectivity index (χ4n) is 3.88. The fraction of sp³-hybridized carbons (Fsp3) is 0.292. The van der Waals surface area contributed by atoms with E-state index in [-0.39, 0.29) is 12.7 Å². The van der Waals surface area contributed by atoms with Crippen LogP contribution in [0, 0.1) is 5.92 Å². The molecule has 5 rings (SSSR count). The zero-order chi connectivity index (χ0) is 21.2. The second kappa shape index (κ2) is 8.26. The van der Waals surface area contributed by atoms with Crippen molar-refractivity contribution in [3.05, 3.63) is 60.2 Å². The highest BCUT2D eigenvalue weighted by atomic mass is 16.7. The van der Waals surface area contributed by atoms with Gasteiger partial charge in [0.2, 0.25) is 6.79 Å². The second-order valence-corrected chi connectivity index (χ2v) is 8.05. The number of ether oxygens (including phenoxy) is 2. The Hall–Kier alpha value is -3.61. The van der Waals surface area contributed by atoms with Gasteiger partial charge in [0.25, 0.3) is 5.91 Å². The van der Waals surface area contributed by atoms with Gasteiger partial charge in [0.1, 0.15) is 0 Å². The van der Waals surface area contributed by atoms with Gasteiger partial charge in [-0.15, -0.1) is 10.2 Å². The maximum absolute atomic E-state index is 12.7. The van der Waals surface area contributed by atoms with Gasteiger partial charge in [0, 0.05) is 29.9 Å². The van der Waals surface area contributed by atoms with E-state index >= 15 is 0 Å². The topological polar surface area (TPSA) is 76.6 Å². The Kier molecular flexibility index (Phi) is 5.16. The fourth-order valence-corrected chi connectivity index (χ4v) is 3.88. The molecule has 1 fully saturated rings. The summed E-state index contributed by atoms with van der Waals surface area (Å²) in [7, 11) is 0. The van der Waals surface area contributed by atoms with Crippen molar-refractivity contribution in [2.75, 3.05) is 30.1 Å². The molecule has 2 aliphatic rings. The lowest BCUT2D eigenvalue weighted by Gasteiger charge is -2.30. The standard InChI is InChI=1S/C24H24N4O3/c1-16-9-11-28(12-10-16)23-8-6-20(26-27-23)17-3-2-4-19(13-17)25-24(29)18-5-7-21-22(14-18)31-15-30-21/h2-8,13-14,16H,9-12,15H2,1H3,(H,25,29). The van der Waals surface area contributed by atoms with Gasteiger partial charge in [0.15, 0.2) is 17.3 Å². The average molecular weight is 416 g/mol. The van der Waals surface area contributed by atoms with Crippen LogP contribution in [0.25, 0.3) is 11.3 Å². The largest absolute Gasteiger partial charge is 0.454 e. The monoisotopic (exact) mass is 416 g/mol. The van der Waals surface area contributed by atoms with Crippen molar-refractivity contribution in [2.24, 2.45) is 5.92 Å². The van der Waals surface area contributed by atoms with Gasteiger partial charge in [-0.2, -0.15) is 0 Å². The number of carbonyl (C=O) groups excluding carboxylic acids is 1. The van der Waals surface area contributed by atoms with Crippen LogP contribution in [0.2, 0.25) is 0 Å². The van der Waals surface area contributed by atoms with Gasteiger partial charge < -0.3 is 19.7 Å². The van der Waals surface area contributed by atoms with E-state index in [1.165, 1.54) is 12.8 Å². The average Bonchev–Trinajstić information content (AvgIpc) is 3.28. The first-order valence-corrected chi connectivity index (χ1v) is 10.6. The molecule has 1 saturated heterocycles. The number of hydrogen-bond donors (Lipinski definition) is 1. The number of nitrogens with one attached hydrogen (secondary N) is 1. The smallest absolute Gasteiger partial charge is 0.255 e. The minimum Gasteiger partial charge on any atom is -0.454 e. The van der Waals surface area contributed by atoms with E-state index in [0.29, 0.717) is 22.7 Å². The quantitative estimate of drug-likeness (QED) is 0.681. The number of hydrogen-bond acceptors (Lipinski definition) is 6. The van der Waals surface area contributed by atoms with Crippen molar-refractivity contribution in [2.45, 2.75) is 19.8 Å². The molecule has 158 valence electrons. The number of benzene rings is 2. The zero-order valence-electron chi connectivity index (χ0n) is 17.4. The summed E-state index contributed by atoms with van der Waals surface area (Å²) in [4.78, 5) is 15.0. The van der Waals surface area contributed by atoms with Crippen LogP contribution < -0.4 is 19.7 Å². The van der Waals surface area contributed by atoms with Crippen LogP contribution in [-0.4, -0.2) is 36.0 Å². The molecule has 0 spiro atoms. The molecule has 0 bridgehead atoms. The van der Waals surface area contributed by atoms with E-state index in [1.54, 1.807) is 18.2 Å². The Morgan fingerprint density at radius 1 is 1.00 bits per heavy atom. The van der Waals surface area contributed by atoms with Crippen LogP contribution in [0.5, 0.6) is 11.5 Å². The third-order valence-corrected chi connectivity index (χ3v) is 5.81. The highest BCUT2D eigenvalue weighted by Gasteiger charge is 2.18. The minimum atomic E-state index is -0.212. The summed E-state index contributed by atoms with van der Waals surface area (Å²) in [6, 6.07) is 16.8. The number of anilines is 2. The molecule has 0 aliphatic carbocycles. The van der Waals surface area contributed by atoms with Crippen molar-refractivity contribution in [3.8, 4) is 22.8 Å². The molecular weight excluding hydrogens is 392 g/mol. The first-order valence-electron chi connectivity index (χ1n) is 10.6. The van der Waals surface area contributed by atoms with Crippen LogP contribution in [0.3, 0.4) is 0 Å². The van der Waals surface area contributed by atoms with Crippen LogP contribution in [0.1, 0.15) is 30.1 Å². The summed E-state index contributed by atoms with van der Waals surface area (Å²) in [5, 5.41) is 11.8. The lowest BCUT2D eigenvalue weighted by molar-refractivity contribution is 0.102. The molecule has 0 saturated carbocycles. The summed E-state index contributed by atoms with van der Waals surface area (Å²) in [5.74, 6) is 2.72. The first kappa shape index (κ1) is 19.4. The Morgan fingerprint density at radius 3 is 2.65 bits per heavy atom. The molecule has 7 nitrogen and oxygen atoms in total. The summed E-state index contributed by atoms with van der Waals surface area (Å²) >= 11 is 0.